The van der Waals surface area contributed by atoms with Crippen LogP contribution in [0.2, 0.25) is 0 Å². The summed E-state index contributed by atoms with van der Waals surface area (Å²) in [4.78, 5) is 31.1. The number of ether oxygens (including phenoxy) is 1. The van der Waals surface area contributed by atoms with E-state index >= 15 is 0 Å². The Morgan fingerprint density at radius 3 is 2.48 bits per heavy atom. The number of rotatable bonds is 6. The third-order valence-corrected chi connectivity index (χ3v) is 3.86. The molecule has 3 aromatic rings. The van der Waals surface area contributed by atoms with Crippen molar-refractivity contribution in [2.24, 2.45) is 0 Å². The first-order valence-electron chi connectivity index (χ1n) is 8.92. The molecule has 31 heavy (non-hydrogen) atoms. The Hall–Kier alpha value is -3.83. The summed E-state index contributed by atoms with van der Waals surface area (Å²) in [6, 6.07) is 2.90. The number of amides is 1. The second-order valence-electron chi connectivity index (χ2n) is 6.58. The summed E-state index contributed by atoms with van der Waals surface area (Å²) in [5.74, 6) is -5.02. The van der Waals surface area contributed by atoms with Crippen molar-refractivity contribution in [2.75, 3.05) is 17.7 Å². The van der Waals surface area contributed by atoms with Crippen LogP contribution in [0.5, 0.6) is 5.88 Å². The molecule has 0 aliphatic heterocycles. The molecule has 0 saturated heterocycles. The maximum Gasteiger partial charge on any atom is 0.303 e. The van der Waals surface area contributed by atoms with E-state index in [1.165, 1.54) is 32.4 Å². The molecule has 0 fully saturated rings. The lowest BCUT2D eigenvalue weighted by Crippen LogP contribution is -2.14. The average Bonchev–Trinajstić information content (AvgIpc) is 2.67. The van der Waals surface area contributed by atoms with Crippen molar-refractivity contribution in [3.63, 3.8) is 0 Å². The summed E-state index contributed by atoms with van der Waals surface area (Å²) in [6.45, 7) is 3.54. The van der Waals surface area contributed by atoms with Crippen molar-refractivity contribution in [2.45, 2.75) is 26.7 Å². The average molecular weight is 433 g/mol. The molecule has 0 saturated carbocycles. The lowest BCUT2D eigenvalue weighted by molar-refractivity contribution is -0.114. The summed E-state index contributed by atoms with van der Waals surface area (Å²) in [5, 5.41) is 5.42. The fourth-order valence-electron chi connectivity index (χ4n) is 2.58. The first kappa shape index (κ1) is 21.9. The lowest BCUT2D eigenvalue weighted by atomic mass is 10.2. The van der Waals surface area contributed by atoms with Crippen LogP contribution in [-0.2, 0) is 10.7 Å². The van der Waals surface area contributed by atoms with E-state index in [4.69, 9.17) is 4.74 Å². The Morgan fingerprint density at radius 2 is 1.84 bits per heavy atom. The topological polar surface area (TPSA) is 115 Å². The van der Waals surface area contributed by atoms with Gasteiger partial charge in [0.05, 0.1) is 24.6 Å². The number of hydrogen-bond donors (Lipinski definition) is 2. The quantitative estimate of drug-likeness (QED) is 0.606. The highest BCUT2D eigenvalue weighted by molar-refractivity contribution is 5.89. The number of carbonyl (C=O) groups excluding carboxylic acids is 1. The van der Waals surface area contributed by atoms with Crippen LogP contribution in [-0.4, -0.2) is 37.9 Å². The Kier molecular flexibility index (Phi) is 5.99. The van der Waals surface area contributed by atoms with Crippen LogP contribution in [0.25, 0.3) is 11.4 Å². The van der Waals surface area contributed by atoms with Gasteiger partial charge >= 0.3 is 5.92 Å². The minimum absolute atomic E-state index is 0.0504. The number of pyridine rings is 1. The Morgan fingerprint density at radius 1 is 1.10 bits per heavy atom. The standard InChI is InChI=1S/C19H18F3N7O2/c1-9-5-15(28-18(25-9)19(3,21)22)27-13-6-14(26-10(2)30)23-7-11(13)16-24-8-12(20)17(29-16)31-4/h5-8H,1-4H3,(H2,23,25,26,27,28,30). The maximum atomic E-state index is 13.7. The minimum Gasteiger partial charge on any atom is -0.479 e. The first-order valence-corrected chi connectivity index (χ1v) is 8.92. The van der Waals surface area contributed by atoms with E-state index in [1.54, 1.807) is 6.92 Å². The molecule has 0 atom stereocenters. The van der Waals surface area contributed by atoms with Gasteiger partial charge in [0.15, 0.2) is 5.82 Å². The highest BCUT2D eigenvalue weighted by Gasteiger charge is 2.29. The van der Waals surface area contributed by atoms with Crippen LogP contribution >= 0.6 is 0 Å². The fourth-order valence-corrected chi connectivity index (χ4v) is 2.58. The van der Waals surface area contributed by atoms with Gasteiger partial charge in [-0.1, -0.05) is 0 Å². The second kappa shape index (κ2) is 8.50. The number of hydrogen-bond acceptors (Lipinski definition) is 8. The number of carbonyl (C=O) groups is 1. The van der Waals surface area contributed by atoms with E-state index < -0.39 is 17.6 Å². The molecule has 0 unspecified atom stereocenters. The first-order chi connectivity index (χ1) is 14.6. The van der Waals surface area contributed by atoms with Gasteiger partial charge in [-0.2, -0.15) is 18.2 Å². The van der Waals surface area contributed by atoms with Gasteiger partial charge in [0.1, 0.15) is 11.6 Å². The van der Waals surface area contributed by atoms with E-state index in [0.717, 1.165) is 6.20 Å². The predicted octanol–water partition coefficient (Wildman–Crippen LogP) is 3.60. The monoisotopic (exact) mass is 433 g/mol. The van der Waals surface area contributed by atoms with Crippen LogP contribution in [0.1, 0.15) is 25.4 Å². The molecule has 2 N–H and O–H groups in total. The van der Waals surface area contributed by atoms with E-state index in [-0.39, 0.29) is 40.5 Å². The lowest BCUT2D eigenvalue weighted by Gasteiger charge is -2.15. The van der Waals surface area contributed by atoms with Crippen molar-refractivity contribution in [3.8, 4) is 17.3 Å². The van der Waals surface area contributed by atoms with Gasteiger partial charge in [-0.15, -0.1) is 0 Å². The number of methoxy groups -OCH3 is 1. The summed E-state index contributed by atoms with van der Waals surface area (Å²) >= 11 is 0. The third-order valence-electron chi connectivity index (χ3n) is 3.86. The van der Waals surface area contributed by atoms with Gasteiger partial charge in [0.25, 0.3) is 5.88 Å². The largest absolute Gasteiger partial charge is 0.479 e. The molecule has 0 aliphatic carbocycles. The van der Waals surface area contributed by atoms with Gasteiger partial charge in [0.2, 0.25) is 17.5 Å². The normalized spacial score (nSPS) is 11.2. The van der Waals surface area contributed by atoms with E-state index in [9.17, 15) is 18.0 Å². The number of halogens is 3. The van der Waals surface area contributed by atoms with Gasteiger partial charge in [-0.25, -0.2) is 19.9 Å². The molecule has 3 aromatic heterocycles. The summed E-state index contributed by atoms with van der Waals surface area (Å²) in [7, 11) is 1.25. The number of anilines is 3. The molecule has 0 bridgehead atoms. The highest BCUT2D eigenvalue weighted by atomic mass is 19.3. The van der Waals surface area contributed by atoms with Crippen LogP contribution < -0.4 is 15.4 Å². The molecule has 1 amide bonds. The number of aryl methyl sites for hydroxylation is 1. The van der Waals surface area contributed by atoms with E-state index in [0.29, 0.717) is 12.6 Å². The van der Waals surface area contributed by atoms with Gasteiger partial charge in [-0.05, 0) is 6.92 Å². The summed E-state index contributed by atoms with van der Waals surface area (Å²) in [6.07, 6.45) is 2.26. The number of aromatic nitrogens is 5. The van der Waals surface area contributed by atoms with Crippen LogP contribution in [0.3, 0.4) is 0 Å². The Bertz CT molecular complexity index is 1140. The highest BCUT2D eigenvalue weighted by Crippen LogP contribution is 2.32. The zero-order valence-corrected chi connectivity index (χ0v) is 17.0. The van der Waals surface area contributed by atoms with E-state index in [2.05, 4.69) is 35.6 Å². The molecule has 12 heteroatoms. The molecule has 0 aromatic carbocycles. The number of nitrogens with one attached hydrogen (secondary N) is 2. The molecular formula is C19H18F3N7O2. The summed E-state index contributed by atoms with van der Waals surface area (Å²) < 4.78 is 46.1. The number of nitrogens with zero attached hydrogens (tertiary/aromatic N) is 5. The van der Waals surface area contributed by atoms with Crippen LogP contribution in [0.4, 0.5) is 30.5 Å². The molecule has 0 aliphatic rings. The predicted molar refractivity (Wildman–Crippen MR) is 106 cm³/mol. The van der Waals surface area contributed by atoms with Crippen LogP contribution in [0, 0.1) is 12.7 Å². The van der Waals surface area contributed by atoms with Crippen molar-refractivity contribution >= 4 is 23.2 Å². The van der Waals surface area contributed by atoms with Crippen LogP contribution in [0.15, 0.2) is 24.5 Å². The zero-order chi connectivity index (χ0) is 22.8. The molecular weight excluding hydrogens is 415 g/mol. The second-order valence-corrected chi connectivity index (χ2v) is 6.58. The molecule has 0 radical (unpaired) electrons. The van der Waals surface area contributed by atoms with E-state index in [1.807, 2.05) is 0 Å². The Labute approximate surface area is 175 Å². The third kappa shape index (κ3) is 5.21. The number of alkyl halides is 2. The smallest absolute Gasteiger partial charge is 0.303 e. The van der Waals surface area contributed by atoms with Crippen molar-refractivity contribution in [1.82, 2.24) is 24.9 Å². The molecule has 0 spiro atoms. The molecule has 3 heterocycles. The van der Waals surface area contributed by atoms with Gasteiger partial charge < -0.3 is 15.4 Å². The van der Waals surface area contributed by atoms with Crippen molar-refractivity contribution in [1.29, 1.82) is 0 Å². The SMILES string of the molecule is COc1nc(-c2cnc(NC(C)=O)cc2Nc2cc(C)nc(C(C)(F)F)n2)ncc1F. The zero-order valence-electron chi connectivity index (χ0n) is 17.0. The fraction of sp³-hybridized carbons (Fsp3) is 0.263. The van der Waals surface area contributed by atoms with Crippen molar-refractivity contribution < 1.29 is 22.7 Å². The molecule has 3 rings (SSSR count). The minimum atomic E-state index is -3.25. The molecule has 9 nitrogen and oxygen atoms in total. The Balaban J connectivity index is 2.11. The van der Waals surface area contributed by atoms with Crippen molar-refractivity contribution in [3.05, 3.63) is 41.9 Å². The van der Waals surface area contributed by atoms with Gasteiger partial charge in [0, 0.05) is 37.9 Å². The van der Waals surface area contributed by atoms with Gasteiger partial charge in [-0.3, -0.25) is 4.79 Å². The summed E-state index contributed by atoms with van der Waals surface area (Å²) in [5.41, 5.74) is 0.871. The maximum absolute atomic E-state index is 13.7. The molecule has 162 valence electrons.